The average Bonchev–Trinajstić information content (AvgIpc) is 2.78. The largest absolute Gasteiger partial charge is 0.494 e. The van der Waals surface area contributed by atoms with E-state index in [-0.39, 0.29) is 0 Å². The van der Waals surface area contributed by atoms with Gasteiger partial charge in [-0.2, -0.15) is 5.10 Å². The zero-order valence-electron chi connectivity index (χ0n) is 13.4. The second-order valence-corrected chi connectivity index (χ2v) is 5.74. The molecule has 1 N–H and O–H groups in total. The zero-order chi connectivity index (χ0) is 15.1. The first kappa shape index (κ1) is 15.6. The quantitative estimate of drug-likeness (QED) is 0.725. The number of hydrogen-bond acceptors (Lipinski definition) is 2. The second kappa shape index (κ2) is 7.87. The third-order valence-electron chi connectivity index (χ3n) is 3.86. The number of aromatic nitrogens is 2. The van der Waals surface area contributed by atoms with E-state index in [0.717, 1.165) is 30.9 Å². The number of nitrogens with zero attached hydrogens (tertiary/aromatic N) is 1. The first-order valence-corrected chi connectivity index (χ1v) is 7.86. The highest BCUT2D eigenvalue weighted by Crippen LogP contribution is 2.15. The lowest BCUT2D eigenvalue weighted by molar-refractivity contribution is 0.304. The molecule has 0 radical (unpaired) electrons. The van der Waals surface area contributed by atoms with Crippen LogP contribution in [0.1, 0.15) is 48.2 Å². The molecular weight excluding hydrogens is 260 g/mol. The molecule has 0 saturated carbocycles. The van der Waals surface area contributed by atoms with Gasteiger partial charge in [0, 0.05) is 5.69 Å². The molecule has 0 saturated heterocycles. The Morgan fingerprint density at radius 3 is 2.57 bits per heavy atom. The summed E-state index contributed by atoms with van der Waals surface area (Å²) < 4.78 is 5.76. The number of hydrogen-bond donors (Lipinski definition) is 1. The van der Waals surface area contributed by atoms with E-state index in [1.165, 1.54) is 36.1 Å². The van der Waals surface area contributed by atoms with E-state index >= 15 is 0 Å². The van der Waals surface area contributed by atoms with Crippen LogP contribution in [0, 0.1) is 20.8 Å². The smallest absolute Gasteiger partial charge is 0.119 e. The van der Waals surface area contributed by atoms with Crippen LogP contribution in [0.25, 0.3) is 0 Å². The lowest BCUT2D eigenvalue weighted by atomic mass is 10.0. The molecule has 114 valence electrons. The molecule has 21 heavy (non-hydrogen) atoms. The van der Waals surface area contributed by atoms with Gasteiger partial charge in [-0.25, -0.2) is 0 Å². The van der Waals surface area contributed by atoms with Crippen molar-refractivity contribution in [3.63, 3.8) is 0 Å². The van der Waals surface area contributed by atoms with Gasteiger partial charge in [0.1, 0.15) is 5.75 Å². The van der Waals surface area contributed by atoms with Crippen LogP contribution in [0.15, 0.2) is 24.3 Å². The fourth-order valence-electron chi connectivity index (χ4n) is 2.59. The summed E-state index contributed by atoms with van der Waals surface area (Å²) in [6.07, 6.45) is 5.96. The van der Waals surface area contributed by atoms with Gasteiger partial charge in [0.2, 0.25) is 0 Å². The fourth-order valence-corrected chi connectivity index (χ4v) is 2.59. The van der Waals surface area contributed by atoms with Crippen molar-refractivity contribution in [1.82, 2.24) is 10.2 Å². The van der Waals surface area contributed by atoms with Gasteiger partial charge in [-0.05, 0) is 63.3 Å². The Balaban J connectivity index is 1.56. The molecule has 3 heteroatoms. The van der Waals surface area contributed by atoms with Gasteiger partial charge < -0.3 is 4.74 Å². The fraction of sp³-hybridized carbons (Fsp3) is 0.500. The van der Waals surface area contributed by atoms with Gasteiger partial charge in [-0.1, -0.05) is 25.0 Å². The number of aryl methyl sites for hydroxylation is 3. The highest BCUT2D eigenvalue weighted by atomic mass is 16.5. The van der Waals surface area contributed by atoms with Crippen molar-refractivity contribution in [2.45, 2.75) is 52.9 Å². The minimum Gasteiger partial charge on any atom is -0.494 e. The third kappa shape index (κ3) is 4.92. The summed E-state index contributed by atoms with van der Waals surface area (Å²) in [7, 11) is 0. The van der Waals surface area contributed by atoms with E-state index in [0.29, 0.717) is 0 Å². The van der Waals surface area contributed by atoms with Crippen molar-refractivity contribution in [3.05, 3.63) is 46.8 Å². The maximum Gasteiger partial charge on any atom is 0.119 e. The summed E-state index contributed by atoms with van der Waals surface area (Å²) in [5.74, 6) is 0.986. The molecular formula is C18H26N2O. The summed E-state index contributed by atoms with van der Waals surface area (Å²) in [4.78, 5) is 0. The summed E-state index contributed by atoms with van der Waals surface area (Å²) in [5, 5.41) is 7.29. The van der Waals surface area contributed by atoms with E-state index in [2.05, 4.69) is 43.1 Å². The Bertz CT molecular complexity index is 541. The number of rotatable bonds is 8. The predicted octanol–water partition coefficient (Wildman–Crippen LogP) is 4.52. The van der Waals surface area contributed by atoms with E-state index < -0.39 is 0 Å². The van der Waals surface area contributed by atoms with Crippen molar-refractivity contribution in [1.29, 1.82) is 0 Å². The highest BCUT2D eigenvalue weighted by Gasteiger charge is 2.05. The number of ether oxygens (including phenoxy) is 1. The zero-order valence-corrected chi connectivity index (χ0v) is 13.4. The van der Waals surface area contributed by atoms with Crippen molar-refractivity contribution in [2.24, 2.45) is 0 Å². The van der Waals surface area contributed by atoms with Crippen LogP contribution in [-0.2, 0) is 6.42 Å². The standard InChI is InChI=1S/C18H26N2O/c1-14-9-8-10-17(13-14)21-12-7-5-4-6-11-18-15(2)19-20-16(18)3/h8-10,13H,4-7,11-12H2,1-3H3,(H,19,20). The number of aromatic amines is 1. The molecule has 0 aliphatic carbocycles. The lowest BCUT2D eigenvalue weighted by Gasteiger charge is -2.07. The average molecular weight is 286 g/mol. The maximum atomic E-state index is 5.76. The molecule has 0 aliphatic heterocycles. The van der Waals surface area contributed by atoms with Gasteiger partial charge in [0.15, 0.2) is 0 Å². The maximum absolute atomic E-state index is 5.76. The monoisotopic (exact) mass is 286 g/mol. The van der Waals surface area contributed by atoms with E-state index in [1.807, 2.05) is 12.1 Å². The van der Waals surface area contributed by atoms with E-state index in [9.17, 15) is 0 Å². The molecule has 1 aromatic carbocycles. The summed E-state index contributed by atoms with van der Waals surface area (Å²) >= 11 is 0. The van der Waals surface area contributed by atoms with Crippen molar-refractivity contribution in [3.8, 4) is 5.75 Å². The Morgan fingerprint density at radius 1 is 1.05 bits per heavy atom. The molecule has 0 spiro atoms. The molecule has 0 amide bonds. The molecule has 0 bridgehead atoms. The minimum atomic E-state index is 0.813. The SMILES string of the molecule is Cc1cccc(OCCCCCCc2c(C)n[nH]c2C)c1. The minimum absolute atomic E-state index is 0.813. The van der Waals surface area contributed by atoms with Crippen LogP contribution in [0.4, 0.5) is 0 Å². The van der Waals surface area contributed by atoms with Crippen LogP contribution in [-0.4, -0.2) is 16.8 Å². The Labute approximate surface area is 127 Å². The Kier molecular flexibility index (Phi) is 5.85. The van der Waals surface area contributed by atoms with Gasteiger partial charge in [0.05, 0.1) is 12.3 Å². The van der Waals surface area contributed by atoms with E-state index in [4.69, 9.17) is 4.74 Å². The van der Waals surface area contributed by atoms with Gasteiger partial charge in [0.25, 0.3) is 0 Å². The normalized spacial score (nSPS) is 10.8. The molecule has 2 aromatic rings. The van der Waals surface area contributed by atoms with Crippen molar-refractivity contribution < 1.29 is 4.74 Å². The first-order chi connectivity index (χ1) is 10.2. The number of nitrogens with one attached hydrogen (secondary N) is 1. The summed E-state index contributed by atoms with van der Waals surface area (Å²) in [6, 6.07) is 8.24. The Hall–Kier alpha value is -1.77. The van der Waals surface area contributed by atoms with Crippen LogP contribution in [0.5, 0.6) is 5.75 Å². The lowest BCUT2D eigenvalue weighted by Crippen LogP contribution is -1.98. The third-order valence-corrected chi connectivity index (χ3v) is 3.86. The van der Waals surface area contributed by atoms with Crippen LogP contribution >= 0.6 is 0 Å². The van der Waals surface area contributed by atoms with Gasteiger partial charge >= 0.3 is 0 Å². The molecule has 0 aliphatic rings. The van der Waals surface area contributed by atoms with Crippen LogP contribution in [0.2, 0.25) is 0 Å². The molecule has 3 nitrogen and oxygen atoms in total. The summed E-state index contributed by atoms with van der Waals surface area (Å²) in [6.45, 7) is 7.08. The molecule has 1 heterocycles. The Morgan fingerprint density at radius 2 is 1.86 bits per heavy atom. The number of H-pyrrole nitrogens is 1. The molecule has 0 unspecified atom stereocenters. The van der Waals surface area contributed by atoms with E-state index in [1.54, 1.807) is 0 Å². The topological polar surface area (TPSA) is 37.9 Å². The second-order valence-electron chi connectivity index (χ2n) is 5.74. The van der Waals surface area contributed by atoms with Crippen LogP contribution in [0.3, 0.4) is 0 Å². The first-order valence-electron chi connectivity index (χ1n) is 7.86. The molecule has 1 aromatic heterocycles. The van der Waals surface area contributed by atoms with Crippen molar-refractivity contribution >= 4 is 0 Å². The molecule has 0 fully saturated rings. The molecule has 0 atom stereocenters. The van der Waals surface area contributed by atoms with Gasteiger partial charge in [-0.15, -0.1) is 0 Å². The number of unbranched alkanes of at least 4 members (excludes halogenated alkanes) is 3. The van der Waals surface area contributed by atoms with Gasteiger partial charge in [-0.3, -0.25) is 5.10 Å². The van der Waals surface area contributed by atoms with Crippen LogP contribution < -0.4 is 4.74 Å². The highest BCUT2D eigenvalue weighted by molar-refractivity contribution is 5.27. The summed E-state index contributed by atoms with van der Waals surface area (Å²) in [5.41, 5.74) is 5.01. The van der Waals surface area contributed by atoms with Crippen molar-refractivity contribution in [2.75, 3.05) is 6.61 Å². The number of benzene rings is 1. The predicted molar refractivity (Wildman–Crippen MR) is 86.9 cm³/mol. The molecule has 2 rings (SSSR count).